The lowest BCUT2D eigenvalue weighted by atomic mass is 10.2. The van der Waals surface area contributed by atoms with Crippen molar-refractivity contribution in [3.63, 3.8) is 0 Å². The molecule has 8 heteroatoms. The van der Waals surface area contributed by atoms with E-state index in [1.165, 1.54) is 17.1 Å². The zero-order valence-electron chi connectivity index (χ0n) is 10.5. The molecule has 1 amide bonds. The third kappa shape index (κ3) is 4.02. The molecule has 1 fully saturated rings. The molecule has 1 aromatic heterocycles. The highest BCUT2D eigenvalue weighted by molar-refractivity contribution is 5.75. The number of amides is 1. The number of nitrogens with zero attached hydrogens (tertiary/aromatic N) is 3. The fourth-order valence-corrected chi connectivity index (χ4v) is 1.80. The molecule has 0 bridgehead atoms. The Kier molecular flexibility index (Phi) is 4.10. The Labute approximate surface area is 110 Å². The van der Waals surface area contributed by atoms with Crippen LogP contribution < -0.4 is 11.1 Å². The van der Waals surface area contributed by atoms with Gasteiger partial charge in [-0.05, 0) is 18.8 Å². The molecule has 8 nitrogen and oxygen atoms in total. The number of hydrogen-bond acceptors (Lipinski definition) is 5. The van der Waals surface area contributed by atoms with Gasteiger partial charge in [0, 0.05) is 25.6 Å². The number of carbonyl (C=O) groups excluding carboxylic acids is 1. The van der Waals surface area contributed by atoms with Crippen molar-refractivity contribution in [3.8, 4) is 0 Å². The molecule has 0 aliphatic heterocycles. The number of aryl methyl sites for hydroxylation is 1. The van der Waals surface area contributed by atoms with Gasteiger partial charge in [-0.3, -0.25) is 19.6 Å². The van der Waals surface area contributed by atoms with Gasteiger partial charge in [-0.15, -0.1) is 0 Å². The molecule has 1 aliphatic rings. The lowest BCUT2D eigenvalue weighted by Crippen LogP contribution is -2.38. The highest BCUT2D eigenvalue weighted by Crippen LogP contribution is 2.31. The number of aromatic nitrogens is 2. The second-order valence-electron chi connectivity index (χ2n) is 4.77. The van der Waals surface area contributed by atoms with Crippen molar-refractivity contribution in [3.05, 3.63) is 22.5 Å². The monoisotopic (exact) mass is 267 g/mol. The molecular formula is C11H17N5O3. The molecule has 1 atom stereocenters. The topological polar surface area (TPSA) is 116 Å². The largest absolute Gasteiger partial charge is 0.354 e. The summed E-state index contributed by atoms with van der Waals surface area (Å²) in [6.45, 7) is 0.807. The van der Waals surface area contributed by atoms with Crippen LogP contribution in [0, 0.1) is 16.0 Å². The first-order valence-corrected chi connectivity index (χ1v) is 6.25. The average molecular weight is 267 g/mol. The molecule has 0 saturated heterocycles. The SMILES string of the molecule is NC(CNC(=O)CCn1cc([N+](=O)[O-])cn1)C1CC1. The Morgan fingerprint density at radius 3 is 3.00 bits per heavy atom. The van der Waals surface area contributed by atoms with E-state index in [1.54, 1.807) is 0 Å². The highest BCUT2D eigenvalue weighted by atomic mass is 16.6. The molecule has 0 spiro atoms. The zero-order chi connectivity index (χ0) is 13.8. The number of rotatable bonds is 7. The van der Waals surface area contributed by atoms with Gasteiger partial charge in [0.15, 0.2) is 0 Å². The summed E-state index contributed by atoms with van der Waals surface area (Å²) in [7, 11) is 0. The van der Waals surface area contributed by atoms with Crippen molar-refractivity contribution in [1.29, 1.82) is 0 Å². The Morgan fingerprint density at radius 1 is 1.68 bits per heavy atom. The summed E-state index contributed by atoms with van der Waals surface area (Å²) >= 11 is 0. The van der Waals surface area contributed by atoms with E-state index in [0.717, 1.165) is 12.8 Å². The Balaban J connectivity index is 1.68. The molecule has 1 saturated carbocycles. The lowest BCUT2D eigenvalue weighted by molar-refractivity contribution is -0.385. The molecule has 1 aliphatic carbocycles. The number of nitrogens with two attached hydrogens (primary N) is 1. The summed E-state index contributed by atoms with van der Waals surface area (Å²) < 4.78 is 1.39. The minimum absolute atomic E-state index is 0.0368. The van der Waals surface area contributed by atoms with Crippen LogP contribution >= 0.6 is 0 Å². The van der Waals surface area contributed by atoms with Crippen molar-refractivity contribution in [2.45, 2.75) is 31.8 Å². The first-order chi connectivity index (χ1) is 9.06. The smallest absolute Gasteiger partial charge is 0.306 e. The van der Waals surface area contributed by atoms with Crippen LogP contribution in [-0.2, 0) is 11.3 Å². The second kappa shape index (κ2) is 5.79. The van der Waals surface area contributed by atoms with E-state index in [2.05, 4.69) is 10.4 Å². The van der Waals surface area contributed by atoms with Gasteiger partial charge in [0.2, 0.25) is 5.91 Å². The third-order valence-electron chi connectivity index (χ3n) is 3.16. The van der Waals surface area contributed by atoms with Crippen LogP contribution in [0.25, 0.3) is 0 Å². The summed E-state index contributed by atoms with van der Waals surface area (Å²) in [5, 5.41) is 17.0. The summed E-state index contributed by atoms with van der Waals surface area (Å²) in [4.78, 5) is 21.5. The van der Waals surface area contributed by atoms with Gasteiger partial charge in [0.25, 0.3) is 0 Å². The maximum atomic E-state index is 11.6. The van der Waals surface area contributed by atoms with E-state index in [1.807, 2.05) is 0 Å². The Hall–Kier alpha value is -1.96. The van der Waals surface area contributed by atoms with E-state index in [0.29, 0.717) is 19.0 Å². The quantitative estimate of drug-likeness (QED) is 0.534. The minimum atomic E-state index is -0.516. The van der Waals surface area contributed by atoms with Gasteiger partial charge in [0.1, 0.15) is 12.4 Å². The highest BCUT2D eigenvalue weighted by Gasteiger charge is 2.28. The van der Waals surface area contributed by atoms with Crippen LogP contribution in [-0.4, -0.2) is 33.2 Å². The molecule has 104 valence electrons. The van der Waals surface area contributed by atoms with Crippen molar-refractivity contribution in [2.24, 2.45) is 11.7 Å². The van der Waals surface area contributed by atoms with Crippen molar-refractivity contribution < 1.29 is 9.72 Å². The van der Waals surface area contributed by atoms with Crippen molar-refractivity contribution in [2.75, 3.05) is 6.54 Å². The van der Waals surface area contributed by atoms with Crippen molar-refractivity contribution in [1.82, 2.24) is 15.1 Å². The van der Waals surface area contributed by atoms with Gasteiger partial charge in [-0.1, -0.05) is 0 Å². The molecule has 3 N–H and O–H groups in total. The summed E-state index contributed by atoms with van der Waals surface area (Å²) in [6.07, 6.45) is 5.00. The van der Waals surface area contributed by atoms with Crippen molar-refractivity contribution >= 4 is 11.6 Å². The second-order valence-corrected chi connectivity index (χ2v) is 4.77. The van der Waals surface area contributed by atoms with Crippen LogP contribution in [0.15, 0.2) is 12.4 Å². The number of carbonyl (C=O) groups is 1. The van der Waals surface area contributed by atoms with E-state index in [4.69, 9.17) is 5.73 Å². The van der Waals surface area contributed by atoms with Gasteiger partial charge < -0.3 is 11.1 Å². The molecule has 1 unspecified atom stereocenters. The predicted octanol–water partition coefficient (Wildman–Crippen LogP) is 0.0349. The lowest BCUT2D eigenvalue weighted by Gasteiger charge is -2.11. The van der Waals surface area contributed by atoms with E-state index in [9.17, 15) is 14.9 Å². The molecule has 1 heterocycles. The molecule has 1 aromatic rings. The zero-order valence-corrected chi connectivity index (χ0v) is 10.5. The summed E-state index contributed by atoms with van der Waals surface area (Å²) in [5.74, 6) is 0.434. The van der Waals surface area contributed by atoms with E-state index in [-0.39, 0.29) is 24.1 Å². The molecule has 0 radical (unpaired) electrons. The summed E-state index contributed by atoms with van der Waals surface area (Å²) in [6, 6.07) is 0.0368. The third-order valence-corrected chi connectivity index (χ3v) is 3.16. The first kappa shape index (κ1) is 13.5. The Bertz CT molecular complexity index is 469. The molecular weight excluding hydrogens is 250 g/mol. The number of nitro groups is 1. The fraction of sp³-hybridized carbons (Fsp3) is 0.636. The van der Waals surface area contributed by atoms with Crippen LogP contribution in [0.4, 0.5) is 5.69 Å². The predicted molar refractivity (Wildman–Crippen MR) is 67.2 cm³/mol. The van der Waals surface area contributed by atoms with E-state index >= 15 is 0 Å². The van der Waals surface area contributed by atoms with Gasteiger partial charge in [-0.25, -0.2) is 0 Å². The van der Waals surface area contributed by atoms with Crippen LogP contribution in [0.5, 0.6) is 0 Å². The molecule has 2 rings (SSSR count). The average Bonchev–Trinajstić information content (AvgIpc) is 3.12. The number of nitrogens with one attached hydrogen (secondary N) is 1. The molecule has 19 heavy (non-hydrogen) atoms. The van der Waals surface area contributed by atoms with Gasteiger partial charge in [-0.2, -0.15) is 5.10 Å². The van der Waals surface area contributed by atoms with Gasteiger partial charge in [0.05, 0.1) is 4.92 Å². The van der Waals surface area contributed by atoms with Crippen LogP contribution in [0.2, 0.25) is 0 Å². The first-order valence-electron chi connectivity index (χ1n) is 6.25. The minimum Gasteiger partial charge on any atom is -0.354 e. The summed E-state index contributed by atoms with van der Waals surface area (Å²) in [5.41, 5.74) is 5.79. The van der Waals surface area contributed by atoms with Gasteiger partial charge >= 0.3 is 5.69 Å². The maximum Gasteiger partial charge on any atom is 0.306 e. The Morgan fingerprint density at radius 2 is 2.42 bits per heavy atom. The normalized spacial score (nSPS) is 16.1. The maximum absolute atomic E-state index is 11.6. The van der Waals surface area contributed by atoms with Crippen LogP contribution in [0.3, 0.4) is 0 Å². The standard InChI is InChI=1S/C11H17N5O3/c12-10(8-1-2-8)6-13-11(17)3-4-15-7-9(5-14-15)16(18)19/h5,7-8,10H,1-4,6,12H2,(H,13,17). The number of hydrogen-bond donors (Lipinski definition) is 2. The molecule has 0 aromatic carbocycles. The van der Waals surface area contributed by atoms with Crippen LogP contribution in [0.1, 0.15) is 19.3 Å². The van der Waals surface area contributed by atoms with E-state index < -0.39 is 4.92 Å². The fourth-order valence-electron chi connectivity index (χ4n) is 1.80.